The number of nitrogens with one attached hydrogen (secondary N) is 2. The molecule has 1 aromatic carbocycles. The number of halogens is 1. The van der Waals surface area contributed by atoms with E-state index in [0.29, 0.717) is 10.0 Å². The van der Waals surface area contributed by atoms with Crippen LogP contribution in [0.5, 0.6) is 0 Å². The minimum absolute atomic E-state index is 0.200. The van der Waals surface area contributed by atoms with E-state index in [4.69, 9.17) is 11.6 Å². The maximum atomic E-state index is 12.2. The van der Waals surface area contributed by atoms with Crippen LogP contribution in [0.15, 0.2) is 40.6 Å². The molecule has 8 heteroatoms. The summed E-state index contributed by atoms with van der Waals surface area (Å²) in [5, 5.41) is 3.27. The Bertz CT molecular complexity index is 712. The average molecular weight is 360 g/mol. The molecule has 0 saturated carbocycles. The zero-order valence-electron chi connectivity index (χ0n) is 12.3. The minimum atomic E-state index is -3.58. The molecule has 2 aromatic rings. The predicted octanol–water partition coefficient (Wildman–Crippen LogP) is 3.18. The summed E-state index contributed by atoms with van der Waals surface area (Å²) < 4.78 is 27.5. The number of benzene rings is 1. The molecule has 22 heavy (non-hydrogen) atoms. The second-order valence-corrected chi connectivity index (χ2v) is 8.60. The van der Waals surface area contributed by atoms with Gasteiger partial charge in [0.05, 0.1) is 4.34 Å². The van der Waals surface area contributed by atoms with Gasteiger partial charge >= 0.3 is 0 Å². The monoisotopic (exact) mass is 359 g/mol. The van der Waals surface area contributed by atoms with Crippen LogP contribution in [0.3, 0.4) is 0 Å². The largest absolute Gasteiger partial charge is 0.384 e. The fourth-order valence-electron chi connectivity index (χ4n) is 1.73. The molecule has 0 aliphatic heterocycles. The molecular weight excluding hydrogens is 342 g/mol. The highest BCUT2D eigenvalue weighted by Crippen LogP contribution is 2.27. The third-order valence-corrected chi connectivity index (χ3v) is 5.94. The smallest absolute Gasteiger partial charge is 0.271 e. The normalized spacial score (nSPS) is 11.6. The molecule has 0 radical (unpaired) electrons. The van der Waals surface area contributed by atoms with E-state index in [0.717, 1.165) is 30.1 Å². The van der Waals surface area contributed by atoms with Gasteiger partial charge in [-0.1, -0.05) is 11.6 Å². The number of rotatable bonds is 7. The van der Waals surface area contributed by atoms with Crippen LogP contribution in [0.2, 0.25) is 4.34 Å². The molecule has 2 rings (SSSR count). The Kier molecular flexibility index (Phi) is 5.69. The first-order valence-electron chi connectivity index (χ1n) is 6.64. The van der Waals surface area contributed by atoms with Crippen molar-refractivity contribution in [3.8, 4) is 0 Å². The van der Waals surface area contributed by atoms with Crippen molar-refractivity contribution in [2.45, 2.75) is 4.21 Å². The van der Waals surface area contributed by atoms with Crippen LogP contribution in [0.1, 0.15) is 0 Å². The van der Waals surface area contributed by atoms with Crippen LogP contribution in [0.25, 0.3) is 0 Å². The van der Waals surface area contributed by atoms with Crippen LogP contribution < -0.4 is 10.0 Å². The number of hydrogen-bond acceptors (Lipinski definition) is 5. The van der Waals surface area contributed by atoms with Gasteiger partial charge in [-0.05, 0) is 50.5 Å². The van der Waals surface area contributed by atoms with Crippen molar-refractivity contribution in [1.82, 2.24) is 4.90 Å². The Labute approximate surface area is 140 Å². The van der Waals surface area contributed by atoms with Crippen LogP contribution in [-0.4, -0.2) is 40.5 Å². The summed E-state index contributed by atoms with van der Waals surface area (Å²) >= 11 is 6.80. The van der Waals surface area contributed by atoms with E-state index in [9.17, 15) is 8.42 Å². The van der Waals surface area contributed by atoms with Crippen molar-refractivity contribution in [1.29, 1.82) is 0 Å². The number of thiophene rings is 1. The standard InChI is InChI=1S/C14H18ClN3O2S2/c1-18(2)10-9-16-11-3-5-12(6-4-11)17-22(19,20)14-8-7-13(15)21-14/h3-8,16-17H,9-10H2,1-2H3. The van der Waals surface area contributed by atoms with Crippen LogP contribution in [0.4, 0.5) is 11.4 Å². The van der Waals surface area contributed by atoms with Gasteiger partial charge in [-0.3, -0.25) is 4.72 Å². The van der Waals surface area contributed by atoms with Gasteiger partial charge in [0.15, 0.2) is 0 Å². The maximum Gasteiger partial charge on any atom is 0.271 e. The zero-order valence-corrected chi connectivity index (χ0v) is 14.7. The van der Waals surface area contributed by atoms with Crippen molar-refractivity contribution < 1.29 is 8.42 Å². The lowest BCUT2D eigenvalue weighted by Gasteiger charge is -2.12. The molecule has 2 N–H and O–H groups in total. The fraction of sp³-hybridized carbons (Fsp3) is 0.286. The molecule has 0 spiro atoms. The Morgan fingerprint density at radius 1 is 1.09 bits per heavy atom. The quantitative estimate of drug-likeness (QED) is 0.797. The molecule has 0 unspecified atom stereocenters. The molecule has 0 bridgehead atoms. The van der Waals surface area contributed by atoms with E-state index < -0.39 is 10.0 Å². The Morgan fingerprint density at radius 3 is 2.27 bits per heavy atom. The third-order valence-electron chi connectivity index (χ3n) is 2.84. The first-order chi connectivity index (χ1) is 10.4. The molecule has 0 fully saturated rings. The molecular formula is C14H18ClN3O2S2. The van der Waals surface area contributed by atoms with E-state index in [-0.39, 0.29) is 4.21 Å². The van der Waals surface area contributed by atoms with Crippen LogP contribution in [-0.2, 0) is 10.0 Å². The van der Waals surface area contributed by atoms with Crippen molar-refractivity contribution in [3.05, 3.63) is 40.7 Å². The first kappa shape index (κ1) is 17.1. The summed E-state index contributed by atoms with van der Waals surface area (Å²) in [7, 11) is 0.444. The Morgan fingerprint density at radius 2 is 1.73 bits per heavy atom. The van der Waals surface area contributed by atoms with Gasteiger partial charge in [-0.2, -0.15) is 0 Å². The van der Waals surface area contributed by atoms with Gasteiger partial charge < -0.3 is 10.2 Å². The zero-order chi connectivity index (χ0) is 16.2. The summed E-state index contributed by atoms with van der Waals surface area (Å²) in [6, 6.07) is 10.2. The fourth-order valence-corrected chi connectivity index (χ4v) is 4.27. The number of nitrogens with zero attached hydrogens (tertiary/aromatic N) is 1. The lowest BCUT2D eigenvalue weighted by Crippen LogP contribution is -2.20. The van der Waals surface area contributed by atoms with Gasteiger partial charge in [0, 0.05) is 24.5 Å². The molecule has 1 heterocycles. The molecule has 5 nitrogen and oxygen atoms in total. The molecule has 0 saturated heterocycles. The van der Waals surface area contributed by atoms with Crippen molar-refractivity contribution >= 4 is 44.3 Å². The third kappa shape index (κ3) is 4.88. The lowest BCUT2D eigenvalue weighted by atomic mass is 10.3. The van der Waals surface area contributed by atoms with Gasteiger partial charge in [0.2, 0.25) is 0 Å². The highest BCUT2D eigenvalue weighted by molar-refractivity contribution is 7.94. The summed E-state index contributed by atoms with van der Waals surface area (Å²) in [5.74, 6) is 0. The number of hydrogen-bond donors (Lipinski definition) is 2. The molecule has 0 amide bonds. The molecule has 0 aliphatic rings. The second kappa shape index (κ2) is 7.32. The number of sulfonamides is 1. The van der Waals surface area contributed by atoms with E-state index in [1.165, 1.54) is 6.07 Å². The summed E-state index contributed by atoms with van der Waals surface area (Å²) in [4.78, 5) is 2.08. The molecule has 1 aromatic heterocycles. The SMILES string of the molecule is CN(C)CCNc1ccc(NS(=O)(=O)c2ccc(Cl)s2)cc1. The highest BCUT2D eigenvalue weighted by atomic mass is 35.5. The van der Waals surface area contributed by atoms with Crippen LogP contribution in [0, 0.1) is 0 Å². The van der Waals surface area contributed by atoms with Crippen molar-refractivity contribution in [2.75, 3.05) is 37.2 Å². The summed E-state index contributed by atoms with van der Waals surface area (Å²) in [5.41, 5.74) is 1.46. The Hall–Kier alpha value is -1.28. The number of likely N-dealkylation sites (N-methyl/N-ethyl adjacent to an activating group) is 1. The summed E-state index contributed by atoms with van der Waals surface area (Å²) in [6.45, 7) is 1.75. The lowest BCUT2D eigenvalue weighted by molar-refractivity contribution is 0.425. The van der Waals surface area contributed by atoms with Crippen molar-refractivity contribution in [3.63, 3.8) is 0 Å². The van der Waals surface area contributed by atoms with Gasteiger partial charge in [0.1, 0.15) is 4.21 Å². The first-order valence-corrected chi connectivity index (χ1v) is 9.31. The highest BCUT2D eigenvalue weighted by Gasteiger charge is 2.16. The topological polar surface area (TPSA) is 61.4 Å². The summed E-state index contributed by atoms with van der Waals surface area (Å²) in [6.07, 6.45) is 0. The van der Waals surface area contributed by atoms with Crippen molar-refractivity contribution in [2.24, 2.45) is 0 Å². The van der Waals surface area contributed by atoms with E-state index in [1.807, 2.05) is 26.2 Å². The van der Waals surface area contributed by atoms with E-state index in [1.54, 1.807) is 18.2 Å². The van der Waals surface area contributed by atoms with Crippen LogP contribution >= 0.6 is 22.9 Å². The van der Waals surface area contributed by atoms with Gasteiger partial charge in [-0.25, -0.2) is 8.42 Å². The minimum Gasteiger partial charge on any atom is -0.384 e. The van der Waals surface area contributed by atoms with Gasteiger partial charge in [0.25, 0.3) is 10.0 Å². The Balaban J connectivity index is 1.99. The van der Waals surface area contributed by atoms with E-state index in [2.05, 4.69) is 14.9 Å². The molecule has 120 valence electrons. The van der Waals surface area contributed by atoms with E-state index >= 15 is 0 Å². The van der Waals surface area contributed by atoms with Gasteiger partial charge in [-0.15, -0.1) is 11.3 Å². The molecule has 0 aliphatic carbocycles. The predicted molar refractivity (Wildman–Crippen MR) is 93.6 cm³/mol. The number of anilines is 2. The second-order valence-electron chi connectivity index (χ2n) is 4.97. The molecule has 0 atom stereocenters. The average Bonchev–Trinajstić information content (AvgIpc) is 2.88. The maximum absolute atomic E-state index is 12.2.